The third-order valence-corrected chi connectivity index (χ3v) is 3.61. The lowest BCUT2D eigenvalue weighted by atomic mass is 10.1. The highest BCUT2D eigenvalue weighted by Crippen LogP contribution is 2.22. The molecule has 1 unspecified atom stereocenters. The Morgan fingerprint density at radius 2 is 1.96 bits per heavy atom. The molecule has 0 spiro atoms. The Bertz CT molecular complexity index is 682. The first kappa shape index (κ1) is 16.9. The van der Waals surface area contributed by atoms with E-state index in [-0.39, 0.29) is 5.91 Å². The highest BCUT2D eigenvalue weighted by atomic mass is 16.5. The number of aryl methyl sites for hydroxylation is 2. The van der Waals surface area contributed by atoms with Crippen LogP contribution >= 0.6 is 0 Å². The van der Waals surface area contributed by atoms with Crippen molar-refractivity contribution in [1.82, 2.24) is 0 Å². The highest BCUT2D eigenvalue weighted by Gasteiger charge is 2.19. The Morgan fingerprint density at radius 1 is 1.17 bits per heavy atom. The van der Waals surface area contributed by atoms with Crippen molar-refractivity contribution < 1.29 is 14.3 Å². The van der Waals surface area contributed by atoms with Crippen molar-refractivity contribution in [2.45, 2.75) is 33.3 Å². The molecule has 4 heteroatoms. The van der Waals surface area contributed by atoms with Crippen LogP contribution in [0.2, 0.25) is 0 Å². The number of carbonyl (C=O) groups excluding carboxylic acids is 1. The fourth-order valence-electron chi connectivity index (χ4n) is 2.23. The zero-order valence-electron chi connectivity index (χ0n) is 14.1. The number of anilines is 1. The molecule has 2 rings (SSSR count). The van der Waals surface area contributed by atoms with Crippen LogP contribution in [0.25, 0.3) is 0 Å². The average Bonchev–Trinajstić information content (AvgIpc) is 2.55. The van der Waals surface area contributed by atoms with Crippen molar-refractivity contribution >= 4 is 11.6 Å². The SMILES string of the molecule is CCC(Oc1cc(C)ccc1C)C(=O)Nc1cccc(OC)c1. The fraction of sp³-hybridized carbons (Fsp3) is 0.316. The van der Waals surface area contributed by atoms with Gasteiger partial charge in [-0.05, 0) is 49.6 Å². The molecule has 1 N–H and O–H groups in total. The van der Waals surface area contributed by atoms with Crippen molar-refractivity contribution in [3.8, 4) is 11.5 Å². The smallest absolute Gasteiger partial charge is 0.265 e. The summed E-state index contributed by atoms with van der Waals surface area (Å²) in [5, 5.41) is 2.88. The van der Waals surface area contributed by atoms with E-state index < -0.39 is 6.10 Å². The molecule has 0 aliphatic heterocycles. The summed E-state index contributed by atoms with van der Waals surface area (Å²) in [4.78, 5) is 12.5. The molecule has 0 aromatic heterocycles. The average molecular weight is 313 g/mol. The minimum absolute atomic E-state index is 0.165. The topological polar surface area (TPSA) is 47.6 Å². The molecule has 0 aliphatic rings. The van der Waals surface area contributed by atoms with Gasteiger partial charge in [-0.1, -0.05) is 25.1 Å². The molecule has 0 saturated carbocycles. The molecule has 2 aromatic carbocycles. The molecule has 2 aromatic rings. The first-order chi connectivity index (χ1) is 11.0. The zero-order chi connectivity index (χ0) is 16.8. The quantitative estimate of drug-likeness (QED) is 0.873. The van der Waals surface area contributed by atoms with Crippen molar-refractivity contribution in [3.05, 3.63) is 53.6 Å². The van der Waals surface area contributed by atoms with E-state index in [9.17, 15) is 4.79 Å². The normalized spacial score (nSPS) is 11.7. The molecule has 0 aliphatic carbocycles. The second-order valence-corrected chi connectivity index (χ2v) is 5.50. The Kier molecular flexibility index (Phi) is 5.63. The van der Waals surface area contributed by atoms with Crippen molar-refractivity contribution in [2.24, 2.45) is 0 Å². The zero-order valence-corrected chi connectivity index (χ0v) is 14.1. The lowest BCUT2D eigenvalue weighted by Gasteiger charge is -2.19. The van der Waals surface area contributed by atoms with Gasteiger partial charge >= 0.3 is 0 Å². The Balaban J connectivity index is 2.10. The van der Waals surface area contributed by atoms with E-state index in [1.165, 1.54) is 0 Å². The van der Waals surface area contributed by atoms with Crippen LogP contribution in [0.4, 0.5) is 5.69 Å². The lowest BCUT2D eigenvalue weighted by Crippen LogP contribution is -2.32. The number of methoxy groups -OCH3 is 1. The number of rotatable bonds is 6. The number of hydrogen-bond acceptors (Lipinski definition) is 3. The Morgan fingerprint density at radius 3 is 2.65 bits per heavy atom. The second-order valence-electron chi connectivity index (χ2n) is 5.50. The Labute approximate surface area is 137 Å². The van der Waals surface area contributed by atoms with Crippen LogP contribution in [-0.4, -0.2) is 19.1 Å². The molecule has 0 heterocycles. The summed E-state index contributed by atoms with van der Waals surface area (Å²) in [5.41, 5.74) is 2.81. The first-order valence-corrected chi connectivity index (χ1v) is 7.72. The van der Waals surface area contributed by atoms with Gasteiger partial charge in [0.25, 0.3) is 5.91 Å². The number of nitrogens with one attached hydrogen (secondary N) is 1. The van der Waals surface area contributed by atoms with Gasteiger partial charge in [0.15, 0.2) is 6.10 Å². The highest BCUT2D eigenvalue weighted by molar-refractivity contribution is 5.94. The molecular weight excluding hydrogens is 290 g/mol. The van der Waals surface area contributed by atoms with Crippen molar-refractivity contribution in [2.75, 3.05) is 12.4 Å². The molecular formula is C19H23NO3. The molecule has 1 amide bonds. The number of ether oxygens (including phenoxy) is 2. The fourth-order valence-corrected chi connectivity index (χ4v) is 2.23. The van der Waals surface area contributed by atoms with Crippen LogP contribution in [0, 0.1) is 13.8 Å². The number of amides is 1. The molecule has 0 fully saturated rings. The van der Waals surface area contributed by atoms with Crippen LogP contribution in [0.5, 0.6) is 11.5 Å². The largest absolute Gasteiger partial charge is 0.497 e. The van der Waals surface area contributed by atoms with E-state index >= 15 is 0 Å². The van der Waals surface area contributed by atoms with Crippen LogP contribution in [0.1, 0.15) is 24.5 Å². The predicted molar refractivity (Wildman–Crippen MR) is 92.2 cm³/mol. The summed E-state index contributed by atoms with van der Waals surface area (Å²) in [6, 6.07) is 13.3. The maximum Gasteiger partial charge on any atom is 0.265 e. The van der Waals surface area contributed by atoms with Gasteiger partial charge < -0.3 is 14.8 Å². The maximum atomic E-state index is 12.5. The van der Waals surface area contributed by atoms with Gasteiger partial charge in [-0.3, -0.25) is 4.79 Å². The van der Waals surface area contributed by atoms with Gasteiger partial charge in [-0.15, -0.1) is 0 Å². The molecule has 23 heavy (non-hydrogen) atoms. The van der Waals surface area contributed by atoms with E-state index in [2.05, 4.69) is 5.32 Å². The van der Waals surface area contributed by atoms with Gasteiger partial charge in [-0.25, -0.2) is 0 Å². The van der Waals surface area contributed by atoms with E-state index in [1.54, 1.807) is 13.2 Å². The van der Waals surface area contributed by atoms with Crippen LogP contribution in [0.3, 0.4) is 0 Å². The first-order valence-electron chi connectivity index (χ1n) is 7.72. The van der Waals surface area contributed by atoms with Gasteiger partial charge in [-0.2, -0.15) is 0 Å². The number of hydrogen-bond donors (Lipinski definition) is 1. The number of carbonyl (C=O) groups is 1. The summed E-state index contributed by atoms with van der Waals surface area (Å²) in [7, 11) is 1.60. The van der Waals surface area contributed by atoms with Crippen molar-refractivity contribution in [1.29, 1.82) is 0 Å². The van der Waals surface area contributed by atoms with Crippen LogP contribution in [0.15, 0.2) is 42.5 Å². The van der Waals surface area contributed by atoms with Gasteiger partial charge in [0.2, 0.25) is 0 Å². The third kappa shape index (κ3) is 4.49. The minimum atomic E-state index is -0.540. The molecule has 1 atom stereocenters. The molecule has 0 bridgehead atoms. The maximum absolute atomic E-state index is 12.5. The molecule has 0 saturated heterocycles. The van der Waals surface area contributed by atoms with E-state index in [4.69, 9.17) is 9.47 Å². The predicted octanol–water partition coefficient (Wildman–Crippen LogP) is 4.11. The van der Waals surface area contributed by atoms with Gasteiger partial charge in [0.05, 0.1) is 7.11 Å². The standard InChI is InChI=1S/C19H23NO3/c1-5-17(23-18-11-13(2)9-10-14(18)3)19(21)20-15-7-6-8-16(12-15)22-4/h6-12,17H,5H2,1-4H3,(H,20,21). The second kappa shape index (κ2) is 7.68. The van der Waals surface area contributed by atoms with E-state index in [0.29, 0.717) is 17.9 Å². The summed E-state index contributed by atoms with van der Waals surface area (Å²) in [6.07, 6.45) is 0.0464. The van der Waals surface area contributed by atoms with Gasteiger partial charge in [0.1, 0.15) is 11.5 Å². The molecule has 4 nitrogen and oxygen atoms in total. The van der Waals surface area contributed by atoms with E-state index in [0.717, 1.165) is 16.9 Å². The summed E-state index contributed by atoms with van der Waals surface area (Å²) in [6.45, 7) is 5.91. The molecule has 122 valence electrons. The van der Waals surface area contributed by atoms with E-state index in [1.807, 2.05) is 57.2 Å². The number of benzene rings is 2. The third-order valence-electron chi connectivity index (χ3n) is 3.61. The lowest BCUT2D eigenvalue weighted by molar-refractivity contribution is -0.122. The molecule has 0 radical (unpaired) electrons. The van der Waals surface area contributed by atoms with Crippen LogP contribution < -0.4 is 14.8 Å². The summed E-state index contributed by atoms with van der Waals surface area (Å²) < 4.78 is 11.1. The minimum Gasteiger partial charge on any atom is -0.497 e. The summed E-state index contributed by atoms with van der Waals surface area (Å²) >= 11 is 0. The van der Waals surface area contributed by atoms with Crippen molar-refractivity contribution in [3.63, 3.8) is 0 Å². The monoisotopic (exact) mass is 313 g/mol. The summed E-state index contributed by atoms with van der Waals surface area (Å²) in [5.74, 6) is 1.28. The van der Waals surface area contributed by atoms with Crippen LogP contribution in [-0.2, 0) is 4.79 Å². The van der Waals surface area contributed by atoms with Gasteiger partial charge in [0, 0.05) is 11.8 Å². The Hall–Kier alpha value is -2.49.